The number of carbonyl (C=O) groups excluding carboxylic acids is 1. The van der Waals surface area contributed by atoms with Gasteiger partial charge in [-0.2, -0.15) is 5.26 Å². The molecule has 1 unspecified atom stereocenters. The molecule has 1 atom stereocenters. The molecule has 0 fully saturated rings. The first-order chi connectivity index (χ1) is 8.63. The molecule has 1 aromatic carbocycles. The van der Waals surface area contributed by atoms with E-state index in [2.05, 4.69) is 15.9 Å². The summed E-state index contributed by atoms with van der Waals surface area (Å²) in [6.45, 7) is 0. The first-order valence-electron chi connectivity index (χ1n) is 5.07. The maximum Gasteiger partial charge on any atom is 0.219 e. The zero-order chi connectivity index (χ0) is 13.1. The molecule has 0 amide bonds. The van der Waals surface area contributed by atoms with Gasteiger partial charge in [0.1, 0.15) is 11.7 Å². The average molecular weight is 308 g/mol. The lowest BCUT2D eigenvalue weighted by atomic mass is 9.94. The van der Waals surface area contributed by atoms with Gasteiger partial charge in [0, 0.05) is 5.56 Å². The molecule has 0 aliphatic carbocycles. The van der Waals surface area contributed by atoms with E-state index in [4.69, 9.17) is 9.68 Å². The Morgan fingerprint density at radius 1 is 1.33 bits per heavy atom. The smallest absolute Gasteiger partial charge is 0.219 e. The maximum atomic E-state index is 13.6. The Hall–Kier alpha value is -1.93. The van der Waals surface area contributed by atoms with Crippen molar-refractivity contribution in [2.24, 2.45) is 0 Å². The average Bonchev–Trinajstić information content (AvgIpc) is 2.79. The molecule has 2 rings (SSSR count). The van der Waals surface area contributed by atoms with Crippen LogP contribution in [0.1, 0.15) is 22.0 Å². The second-order valence-electron chi connectivity index (χ2n) is 3.55. The van der Waals surface area contributed by atoms with Crippen LogP contribution in [0.2, 0.25) is 0 Å². The molecule has 0 radical (unpaired) electrons. The van der Waals surface area contributed by atoms with E-state index in [0.29, 0.717) is 4.67 Å². The van der Waals surface area contributed by atoms with Crippen molar-refractivity contribution in [2.45, 2.75) is 5.92 Å². The largest absolute Gasteiger partial charge is 0.446 e. The molecule has 0 spiro atoms. The number of hydrogen-bond acceptors (Lipinski definition) is 3. The molecular weight excluding hydrogens is 301 g/mol. The van der Waals surface area contributed by atoms with Gasteiger partial charge < -0.3 is 4.42 Å². The highest BCUT2D eigenvalue weighted by molar-refractivity contribution is 9.10. The molecule has 90 valence electrons. The van der Waals surface area contributed by atoms with Gasteiger partial charge in [-0.15, -0.1) is 0 Å². The van der Waals surface area contributed by atoms with E-state index in [1.165, 1.54) is 24.3 Å². The van der Waals surface area contributed by atoms with Gasteiger partial charge in [-0.25, -0.2) is 4.39 Å². The van der Waals surface area contributed by atoms with E-state index in [0.717, 1.165) is 0 Å². The summed E-state index contributed by atoms with van der Waals surface area (Å²) in [6.07, 6.45) is 0. The number of Topliss-reactive ketones (excluding diaryl/α,β-unsaturated/α-hetero) is 1. The minimum absolute atomic E-state index is 0.0247. The number of furan rings is 1. The molecule has 0 bridgehead atoms. The summed E-state index contributed by atoms with van der Waals surface area (Å²) in [4.78, 5) is 12.0. The highest BCUT2D eigenvalue weighted by atomic mass is 79.9. The monoisotopic (exact) mass is 307 g/mol. The van der Waals surface area contributed by atoms with Gasteiger partial charge in [0.15, 0.2) is 10.4 Å². The lowest BCUT2D eigenvalue weighted by molar-refractivity contribution is 0.0949. The van der Waals surface area contributed by atoms with Crippen LogP contribution in [0.5, 0.6) is 0 Å². The van der Waals surface area contributed by atoms with Gasteiger partial charge in [-0.1, -0.05) is 18.2 Å². The zero-order valence-electron chi connectivity index (χ0n) is 9.06. The highest BCUT2D eigenvalue weighted by Crippen LogP contribution is 2.25. The number of carbonyl (C=O) groups is 1. The van der Waals surface area contributed by atoms with E-state index in [9.17, 15) is 9.18 Å². The second-order valence-corrected chi connectivity index (χ2v) is 4.33. The van der Waals surface area contributed by atoms with Crippen LogP contribution >= 0.6 is 15.9 Å². The van der Waals surface area contributed by atoms with Crippen LogP contribution in [0.4, 0.5) is 4.39 Å². The fraction of sp³-hybridized carbons (Fsp3) is 0.0769. The molecule has 0 saturated carbocycles. The van der Waals surface area contributed by atoms with Crippen LogP contribution in [0, 0.1) is 17.1 Å². The standard InChI is InChI=1S/C13H7BrFNO2/c14-12-6-5-11(18-12)13(17)9(7-16)8-3-1-2-4-10(8)15/h1-6,9H. The number of nitriles is 1. The molecule has 0 N–H and O–H groups in total. The first kappa shape index (κ1) is 12.5. The minimum atomic E-state index is -1.20. The van der Waals surface area contributed by atoms with Gasteiger partial charge in [0.25, 0.3) is 0 Å². The van der Waals surface area contributed by atoms with E-state index >= 15 is 0 Å². The number of nitrogens with zero attached hydrogens (tertiary/aromatic N) is 1. The molecule has 5 heteroatoms. The molecule has 0 saturated heterocycles. The summed E-state index contributed by atoms with van der Waals surface area (Å²) in [5.74, 6) is -2.32. The summed E-state index contributed by atoms with van der Waals surface area (Å²) in [5.41, 5.74) is 0.0533. The molecule has 18 heavy (non-hydrogen) atoms. The number of halogens is 2. The SMILES string of the molecule is N#CC(C(=O)c1ccc(Br)o1)c1ccccc1F. The van der Waals surface area contributed by atoms with Crippen molar-refractivity contribution < 1.29 is 13.6 Å². The maximum absolute atomic E-state index is 13.6. The predicted molar refractivity (Wildman–Crippen MR) is 65.5 cm³/mol. The van der Waals surface area contributed by atoms with Crippen LogP contribution in [-0.4, -0.2) is 5.78 Å². The van der Waals surface area contributed by atoms with Crippen molar-refractivity contribution >= 4 is 21.7 Å². The first-order valence-corrected chi connectivity index (χ1v) is 5.86. The Kier molecular flexibility index (Phi) is 3.58. The summed E-state index contributed by atoms with van der Waals surface area (Å²) in [6, 6.07) is 10.5. The zero-order valence-corrected chi connectivity index (χ0v) is 10.6. The number of benzene rings is 1. The van der Waals surface area contributed by atoms with E-state index < -0.39 is 17.5 Å². The molecule has 0 aliphatic heterocycles. The van der Waals surface area contributed by atoms with Gasteiger partial charge >= 0.3 is 0 Å². The van der Waals surface area contributed by atoms with Crippen LogP contribution in [0.25, 0.3) is 0 Å². The Bertz CT molecular complexity index is 630. The Morgan fingerprint density at radius 3 is 2.61 bits per heavy atom. The van der Waals surface area contributed by atoms with Crippen LogP contribution in [0.3, 0.4) is 0 Å². The summed E-state index contributed by atoms with van der Waals surface area (Å²) >= 11 is 3.07. The van der Waals surface area contributed by atoms with Gasteiger partial charge in [-0.3, -0.25) is 4.79 Å². The fourth-order valence-electron chi connectivity index (χ4n) is 1.57. The lowest BCUT2D eigenvalue weighted by Crippen LogP contribution is -2.12. The van der Waals surface area contributed by atoms with Crippen molar-refractivity contribution in [3.05, 3.63) is 58.2 Å². The lowest BCUT2D eigenvalue weighted by Gasteiger charge is -2.07. The fourth-order valence-corrected chi connectivity index (χ4v) is 1.87. The molecular formula is C13H7BrFNO2. The van der Waals surface area contributed by atoms with Crippen molar-refractivity contribution in [2.75, 3.05) is 0 Å². The predicted octanol–water partition coefficient (Wildman–Crippen LogP) is 3.67. The van der Waals surface area contributed by atoms with Crippen LogP contribution in [0.15, 0.2) is 45.5 Å². The van der Waals surface area contributed by atoms with Crippen LogP contribution < -0.4 is 0 Å². The molecule has 1 aromatic heterocycles. The van der Waals surface area contributed by atoms with Gasteiger partial charge in [0.05, 0.1) is 6.07 Å². The van der Waals surface area contributed by atoms with Crippen molar-refractivity contribution in [3.63, 3.8) is 0 Å². The summed E-state index contributed by atoms with van der Waals surface area (Å²) < 4.78 is 19.0. The Morgan fingerprint density at radius 2 is 2.06 bits per heavy atom. The third-order valence-corrected chi connectivity index (χ3v) is 2.85. The van der Waals surface area contributed by atoms with Gasteiger partial charge in [0.2, 0.25) is 5.78 Å². The number of rotatable bonds is 3. The van der Waals surface area contributed by atoms with E-state index in [1.54, 1.807) is 18.2 Å². The molecule has 1 heterocycles. The summed E-state index contributed by atoms with van der Waals surface area (Å²) in [7, 11) is 0. The van der Waals surface area contributed by atoms with E-state index in [-0.39, 0.29) is 11.3 Å². The van der Waals surface area contributed by atoms with Crippen molar-refractivity contribution in [1.82, 2.24) is 0 Å². The van der Waals surface area contributed by atoms with E-state index in [1.807, 2.05) is 0 Å². The highest BCUT2D eigenvalue weighted by Gasteiger charge is 2.26. The molecule has 0 aliphatic rings. The normalized spacial score (nSPS) is 11.8. The third-order valence-electron chi connectivity index (χ3n) is 2.42. The third kappa shape index (κ3) is 2.34. The molecule has 3 nitrogen and oxygen atoms in total. The number of ketones is 1. The molecule has 2 aromatic rings. The van der Waals surface area contributed by atoms with Gasteiger partial charge in [-0.05, 0) is 34.1 Å². The number of hydrogen-bond donors (Lipinski definition) is 0. The summed E-state index contributed by atoms with van der Waals surface area (Å²) in [5, 5.41) is 9.05. The topological polar surface area (TPSA) is 54.0 Å². The van der Waals surface area contributed by atoms with Crippen molar-refractivity contribution in [3.8, 4) is 6.07 Å². The van der Waals surface area contributed by atoms with Crippen molar-refractivity contribution in [1.29, 1.82) is 5.26 Å². The quantitative estimate of drug-likeness (QED) is 0.813. The Balaban J connectivity index is 2.39. The minimum Gasteiger partial charge on any atom is -0.446 e. The van der Waals surface area contributed by atoms with Crippen LogP contribution in [-0.2, 0) is 0 Å². The Labute approximate surface area is 111 Å². The second kappa shape index (κ2) is 5.15.